The molecule has 9 rings (SSSR count). The monoisotopic (exact) mass is 580 g/mol. The van der Waals surface area contributed by atoms with Crippen molar-refractivity contribution >= 4 is 44.1 Å². The van der Waals surface area contributed by atoms with Crippen molar-refractivity contribution < 1.29 is 24.0 Å². The number of nitrogens with zero attached hydrogens (tertiary/aromatic N) is 8. The van der Waals surface area contributed by atoms with E-state index in [0.717, 1.165) is 43.8 Å². The summed E-state index contributed by atoms with van der Waals surface area (Å²) in [6.45, 7) is 0. The summed E-state index contributed by atoms with van der Waals surface area (Å²) in [7, 11) is 0. The molecule has 42 heavy (non-hydrogen) atoms. The molecule has 0 atom stereocenters. The Balaban J connectivity index is 0.00000144. The van der Waals surface area contributed by atoms with E-state index in [-0.39, 0.29) is 24.0 Å². The maximum atomic E-state index is 4.95. The molecular weight excluding hydrogens is 563 g/mol. The van der Waals surface area contributed by atoms with E-state index in [1.54, 1.807) is 0 Å². The molecule has 9 nitrogen and oxygen atoms in total. The van der Waals surface area contributed by atoms with Gasteiger partial charge in [-0.25, -0.2) is 9.97 Å². The van der Waals surface area contributed by atoms with E-state index >= 15 is 0 Å². The maximum Gasteiger partial charge on any atom is 0.0927 e. The summed E-state index contributed by atoms with van der Waals surface area (Å²) in [6, 6.07) is 31.8. The molecule has 7 aromatic rings. The number of fused-ring (bicyclic) bond motifs is 20. The minimum absolute atomic E-state index is 0. The Morgan fingerprint density at radius 1 is 0.333 bits per heavy atom. The molecule has 0 spiro atoms. The zero-order chi connectivity index (χ0) is 26.2. The van der Waals surface area contributed by atoms with Crippen molar-refractivity contribution in [2.75, 3.05) is 0 Å². The van der Waals surface area contributed by atoms with Crippen LogP contribution in [0.5, 0.6) is 0 Å². The normalized spacial score (nSPS) is 11.4. The van der Waals surface area contributed by atoms with E-state index in [1.807, 2.05) is 97.1 Å². The Labute approximate surface area is 250 Å². The van der Waals surface area contributed by atoms with Gasteiger partial charge in [0.25, 0.3) is 0 Å². The molecule has 0 amide bonds. The summed E-state index contributed by atoms with van der Waals surface area (Å²) < 4.78 is 0. The van der Waals surface area contributed by atoms with Gasteiger partial charge in [0, 0.05) is 63.4 Å². The Hall–Kier alpha value is -5.22. The van der Waals surface area contributed by atoms with Gasteiger partial charge in [0.2, 0.25) is 0 Å². The van der Waals surface area contributed by atoms with Crippen molar-refractivity contribution in [1.29, 1.82) is 0 Å². The average molecular weight is 580 g/mol. The summed E-state index contributed by atoms with van der Waals surface area (Å²) in [4.78, 5) is 39.3. The second-order valence-electron chi connectivity index (χ2n) is 9.67. The molecule has 0 saturated heterocycles. The fourth-order valence-corrected chi connectivity index (χ4v) is 5.46. The molecule has 1 N–H and O–H groups in total. The van der Waals surface area contributed by atoms with Gasteiger partial charge in [-0.1, -0.05) is 97.1 Å². The van der Waals surface area contributed by atoms with Crippen LogP contribution in [0.25, 0.3) is 89.7 Å². The molecule has 4 aromatic carbocycles. The summed E-state index contributed by atoms with van der Waals surface area (Å²) in [5.41, 5.74) is 5.78. The molecule has 10 heteroatoms. The zero-order valence-corrected chi connectivity index (χ0v) is 23.1. The first-order chi connectivity index (χ1) is 19.8. The van der Waals surface area contributed by atoms with Gasteiger partial charge in [-0.15, -0.1) is 0 Å². The van der Waals surface area contributed by atoms with Crippen LogP contribution in [0.1, 0.15) is 0 Å². The Morgan fingerprint density at radius 2 is 0.571 bits per heavy atom. The van der Waals surface area contributed by atoms with Crippen molar-refractivity contribution in [2.24, 2.45) is 0 Å². The van der Waals surface area contributed by atoms with E-state index in [2.05, 4.69) is 0 Å². The number of hydrogen-bond acceptors (Lipinski definition) is 7. The summed E-state index contributed by atoms with van der Waals surface area (Å²) in [5.74, 6) is 2.21. The number of rotatable bonds is 0. The average Bonchev–Trinajstić information content (AvgIpc) is 3.73. The number of hydrogen-bond donors (Lipinski definition) is 0. The molecule has 1 radical (unpaired) electrons. The fourth-order valence-electron chi connectivity index (χ4n) is 5.46. The van der Waals surface area contributed by atoms with Crippen molar-refractivity contribution in [3.05, 3.63) is 97.1 Å². The third-order valence-electron chi connectivity index (χ3n) is 7.33. The second kappa shape index (κ2) is 9.71. The molecule has 5 heterocycles. The molecule has 0 saturated carbocycles. The molecular formula is C32H17N8OV-3. The number of aromatic nitrogens is 8. The third kappa shape index (κ3) is 3.76. The van der Waals surface area contributed by atoms with E-state index in [4.69, 9.17) is 39.9 Å². The van der Waals surface area contributed by atoms with Crippen LogP contribution in [0.3, 0.4) is 0 Å². The van der Waals surface area contributed by atoms with Gasteiger partial charge in [-0.2, -0.15) is 0 Å². The minimum atomic E-state index is 0. The second-order valence-corrected chi connectivity index (χ2v) is 9.67. The maximum absolute atomic E-state index is 4.95. The molecule has 3 aromatic heterocycles. The standard InChI is InChI=1S/C32H16N8.H2O.V/c1-2-10-18-17(9-1)25-33-26(18)38-28-21-13-5-6-14-22(21)30(35-28)40-32-24-16-8-7-15-23(24)31(36-32)39-29-20-12-4-3-11-19(20)27(34-29)37-25;;/h1-16H;1H2;/q-2;;/p-1. The molecule has 2 aliphatic rings. The summed E-state index contributed by atoms with van der Waals surface area (Å²) in [5, 5.41) is 3.57. The van der Waals surface area contributed by atoms with E-state index in [9.17, 15) is 0 Å². The van der Waals surface area contributed by atoms with Crippen LogP contribution in [0.4, 0.5) is 0 Å². The van der Waals surface area contributed by atoms with Crippen LogP contribution >= 0.6 is 0 Å². The summed E-state index contributed by atoms with van der Waals surface area (Å²) in [6.07, 6.45) is 0. The minimum Gasteiger partial charge on any atom is -0.870 e. The van der Waals surface area contributed by atoms with Gasteiger partial charge in [0.1, 0.15) is 0 Å². The Kier molecular flexibility index (Phi) is 5.95. The van der Waals surface area contributed by atoms with Gasteiger partial charge < -0.3 is 35.4 Å². The van der Waals surface area contributed by atoms with E-state index < -0.39 is 0 Å². The first-order valence-electron chi connectivity index (χ1n) is 12.9. The van der Waals surface area contributed by atoms with E-state index in [0.29, 0.717) is 45.9 Å². The quantitative estimate of drug-likeness (QED) is 0.213. The van der Waals surface area contributed by atoms with Crippen LogP contribution in [-0.2, 0) is 18.6 Å². The Morgan fingerprint density at radius 3 is 0.833 bits per heavy atom. The van der Waals surface area contributed by atoms with Gasteiger partial charge in [0.15, 0.2) is 0 Å². The zero-order valence-electron chi connectivity index (χ0n) is 21.7. The molecule has 8 bridgehead atoms. The van der Waals surface area contributed by atoms with Crippen molar-refractivity contribution in [2.45, 2.75) is 0 Å². The van der Waals surface area contributed by atoms with Crippen LogP contribution in [0, 0.1) is 0 Å². The topological polar surface area (TPSA) is 136 Å². The SMILES string of the molecule is [OH-].[V].c1ccc2c(c1)-c1nc-2nc2[n-]c(nc3nc(nc4[n-]c(n1)c1ccccc41)-c1ccccc1-3)c1ccccc21. The fraction of sp³-hybridized carbons (Fsp3) is 0. The molecule has 0 fully saturated rings. The number of benzene rings is 4. The van der Waals surface area contributed by atoms with Gasteiger partial charge in [-0.05, 0) is 21.5 Å². The van der Waals surface area contributed by atoms with Crippen molar-refractivity contribution in [3.8, 4) is 45.6 Å². The summed E-state index contributed by atoms with van der Waals surface area (Å²) >= 11 is 0. The van der Waals surface area contributed by atoms with Crippen LogP contribution in [-0.4, -0.2) is 35.4 Å². The van der Waals surface area contributed by atoms with Gasteiger partial charge in [0.05, 0.1) is 23.3 Å². The molecule has 0 aliphatic carbocycles. The van der Waals surface area contributed by atoms with Gasteiger partial charge in [-0.3, -0.25) is 0 Å². The Bertz CT molecular complexity index is 2040. The first-order valence-corrected chi connectivity index (χ1v) is 12.9. The predicted molar refractivity (Wildman–Crippen MR) is 156 cm³/mol. The smallest absolute Gasteiger partial charge is 0.0927 e. The van der Waals surface area contributed by atoms with Crippen LogP contribution < -0.4 is 9.97 Å². The largest absolute Gasteiger partial charge is 0.870 e. The molecule has 0 unspecified atom stereocenters. The first kappa shape index (κ1) is 25.7. The van der Waals surface area contributed by atoms with Gasteiger partial charge >= 0.3 is 0 Å². The van der Waals surface area contributed by atoms with Crippen LogP contribution in [0.2, 0.25) is 0 Å². The molecule has 199 valence electrons. The third-order valence-corrected chi connectivity index (χ3v) is 7.33. The predicted octanol–water partition coefficient (Wildman–Crippen LogP) is 5.95. The van der Waals surface area contributed by atoms with Crippen LogP contribution in [0.15, 0.2) is 97.1 Å². The van der Waals surface area contributed by atoms with Crippen molar-refractivity contribution in [3.63, 3.8) is 0 Å². The molecule has 2 aliphatic heterocycles. The van der Waals surface area contributed by atoms with Crippen molar-refractivity contribution in [1.82, 2.24) is 39.9 Å². The van der Waals surface area contributed by atoms with E-state index in [1.165, 1.54) is 0 Å².